The van der Waals surface area contributed by atoms with Crippen LogP contribution in [0, 0.1) is 5.82 Å². The van der Waals surface area contributed by atoms with E-state index < -0.39 is 0 Å². The molecule has 3 aromatic rings. The lowest BCUT2D eigenvalue weighted by Crippen LogP contribution is -2.69. The molecule has 1 N–H and O–H groups in total. The summed E-state index contributed by atoms with van der Waals surface area (Å²) in [6.07, 6.45) is 7.01. The molecule has 3 saturated heterocycles. The van der Waals surface area contributed by atoms with Crippen molar-refractivity contribution < 1.29 is 14.2 Å². The molecule has 2 aromatic heterocycles. The average molecular weight is 424 g/mol. The van der Waals surface area contributed by atoms with E-state index in [-0.39, 0.29) is 11.7 Å². The largest absolute Gasteiger partial charge is 0.493 e. The van der Waals surface area contributed by atoms with E-state index in [0.29, 0.717) is 47.1 Å². The zero-order valence-electron chi connectivity index (χ0n) is 17.2. The molecule has 31 heavy (non-hydrogen) atoms. The zero-order chi connectivity index (χ0) is 20.9. The SMILES string of the molecule is Oc1nc2nc3c1cnn3-c1ccc(F)cc1OCCCCCCN1C[C@H]3C[C@@H](C1)N23. The van der Waals surface area contributed by atoms with Crippen LogP contribution in [0.3, 0.4) is 0 Å². The minimum absolute atomic E-state index is 0.0874. The number of piperazine rings is 1. The summed E-state index contributed by atoms with van der Waals surface area (Å²) in [5.74, 6) is 0.498. The second kappa shape index (κ2) is 7.33. The van der Waals surface area contributed by atoms with Gasteiger partial charge in [0.25, 0.3) is 0 Å². The van der Waals surface area contributed by atoms with E-state index in [2.05, 4.69) is 19.9 Å². The third-order valence-corrected chi connectivity index (χ3v) is 6.67. The second-order valence-electron chi connectivity index (χ2n) is 8.73. The van der Waals surface area contributed by atoms with Gasteiger partial charge in [0, 0.05) is 31.2 Å². The van der Waals surface area contributed by atoms with Crippen molar-refractivity contribution >= 4 is 17.0 Å². The highest BCUT2D eigenvalue weighted by molar-refractivity contribution is 5.83. The molecule has 5 aliphatic heterocycles. The van der Waals surface area contributed by atoms with Crippen molar-refractivity contribution in [2.24, 2.45) is 0 Å². The Bertz CT molecular complexity index is 1120. The normalized spacial score (nSPS) is 25.7. The van der Waals surface area contributed by atoms with E-state index in [1.807, 2.05) is 0 Å². The van der Waals surface area contributed by atoms with Crippen LogP contribution in [0.15, 0.2) is 24.4 Å². The number of halogens is 1. The molecular formula is C22H25FN6O2. The maximum atomic E-state index is 14.0. The molecule has 6 bridgehead atoms. The Morgan fingerprint density at radius 3 is 2.77 bits per heavy atom. The molecule has 7 heterocycles. The highest BCUT2D eigenvalue weighted by Crippen LogP contribution is 2.38. The van der Waals surface area contributed by atoms with Gasteiger partial charge in [0.15, 0.2) is 5.65 Å². The van der Waals surface area contributed by atoms with E-state index >= 15 is 0 Å². The number of anilines is 1. The molecule has 8 nitrogen and oxygen atoms in total. The van der Waals surface area contributed by atoms with E-state index in [0.717, 1.165) is 45.3 Å². The topological polar surface area (TPSA) is 79.5 Å². The van der Waals surface area contributed by atoms with Gasteiger partial charge in [-0.05, 0) is 37.9 Å². The number of hydrogen-bond donors (Lipinski definition) is 1. The summed E-state index contributed by atoms with van der Waals surface area (Å²) in [7, 11) is 0. The van der Waals surface area contributed by atoms with Crippen LogP contribution in [0.5, 0.6) is 11.6 Å². The van der Waals surface area contributed by atoms with Gasteiger partial charge < -0.3 is 14.7 Å². The standard InChI is InChI=1S/C22H25FN6O2/c23-14-5-6-18-19(9-14)31-8-4-2-1-3-7-27-12-15-10-16(13-27)28(15)22-25-20-17(21(30)26-22)11-24-29(18)20/h5-6,9,11,15-16H,1-4,7-8,10,12-13H2,(H,25,26,30)/t15-,16+. The van der Waals surface area contributed by atoms with Crippen molar-refractivity contribution in [1.82, 2.24) is 24.6 Å². The molecule has 8 rings (SSSR count). The molecule has 0 amide bonds. The monoisotopic (exact) mass is 424 g/mol. The molecule has 0 radical (unpaired) electrons. The van der Waals surface area contributed by atoms with Gasteiger partial charge in [-0.3, -0.25) is 4.90 Å². The number of hydrogen-bond acceptors (Lipinski definition) is 7. The van der Waals surface area contributed by atoms with Crippen LogP contribution in [-0.2, 0) is 0 Å². The predicted molar refractivity (Wildman–Crippen MR) is 113 cm³/mol. The van der Waals surface area contributed by atoms with Gasteiger partial charge in [-0.15, -0.1) is 0 Å². The van der Waals surface area contributed by atoms with Gasteiger partial charge in [-0.1, -0.05) is 12.8 Å². The van der Waals surface area contributed by atoms with Crippen LogP contribution in [0.4, 0.5) is 10.3 Å². The number of nitrogens with zero attached hydrogens (tertiary/aromatic N) is 6. The second-order valence-corrected chi connectivity index (χ2v) is 8.73. The summed E-state index contributed by atoms with van der Waals surface area (Å²) in [6.45, 7) is 3.63. The van der Waals surface area contributed by atoms with Crippen LogP contribution in [0.25, 0.3) is 16.7 Å². The summed E-state index contributed by atoms with van der Waals surface area (Å²) in [5, 5.41) is 15.5. The number of aromatic hydroxyl groups is 1. The first kappa shape index (κ1) is 18.8. The van der Waals surface area contributed by atoms with Crippen molar-refractivity contribution in [1.29, 1.82) is 0 Å². The highest BCUT2D eigenvalue weighted by atomic mass is 19.1. The van der Waals surface area contributed by atoms with E-state index in [1.165, 1.54) is 18.6 Å². The van der Waals surface area contributed by atoms with Gasteiger partial charge in [-0.2, -0.15) is 15.1 Å². The minimum Gasteiger partial charge on any atom is -0.493 e. The summed E-state index contributed by atoms with van der Waals surface area (Å²) < 4.78 is 21.5. The number of ether oxygens (including phenoxy) is 1. The number of piperidine rings is 1. The Kier molecular flexibility index (Phi) is 4.45. The Balaban J connectivity index is 1.47. The first-order valence-corrected chi connectivity index (χ1v) is 11.1. The molecule has 9 heteroatoms. The van der Waals surface area contributed by atoms with Gasteiger partial charge >= 0.3 is 0 Å². The molecule has 0 saturated carbocycles. The van der Waals surface area contributed by atoms with Gasteiger partial charge in [0.1, 0.15) is 22.6 Å². The van der Waals surface area contributed by atoms with Gasteiger partial charge in [-0.25, -0.2) is 9.07 Å². The fraction of sp³-hybridized carbons (Fsp3) is 0.500. The lowest BCUT2D eigenvalue weighted by Gasteiger charge is -2.56. The van der Waals surface area contributed by atoms with Gasteiger partial charge in [0.05, 0.1) is 12.8 Å². The minimum atomic E-state index is -0.364. The van der Waals surface area contributed by atoms with Crippen LogP contribution in [0.1, 0.15) is 32.1 Å². The van der Waals surface area contributed by atoms with E-state index in [1.54, 1.807) is 16.9 Å². The summed E-state index contributed by atoms with van der Waals surface area (Å²) in [6, 6.07) is 5.14. The molecule has 1 aromatic carbocycles. The van der Waals surface area contributed by atoms with Crippen molar-refractivity contribution in [2.45, 2.75) is 44.2 Å². The van der Waals surface area contributed by atoms with Gasteiger partial charge in [0.2, 0.25) is 11.8 Å². The molecule has 162 valence electrons. The van der Waals surface area contributed by atoms with Crippen LogP contribution >= 0.6 is 0 Å². The maximum absolute atomic E-state index is 14.0. The molecule has 5 aliphatic rings. The summed E-state index contributed by atoms with van der Waals surface area (Å²) >= 11 is 0. The Hall–Kier alpha value is -2.94. The van der Waals surface area contributed by atoms with Crippen molar-refractivity contribution in [3.63, 3.8) is 0 Å². The molecule has 0 aliphatic carbocycles. The number of rotatable bonds is 0. The highest BCUT2D eigenvalue weighted by Gasteiger charge is 2.46. The molecule has 3 atom stereocenters. The zero-order valence-corrected chi connectivity index (χ0v) is 17.2. The van der Waals surface area contributed by atoms with Crippen molar-refractivity contribution in [3.8, 4) is 17.3 Å². The third kappa shape index (κ3) is 3.18. The first-order valence-electron chi connectivity index (χ1n) is 11.1. The van der Waals surface area contributed by atoms with Crippen molar-refractivity contribution in [3.05, 3.63) is 30.2 Å². The summed E-state index contributed by atoms with van der Waals surface area (Å²) in [5.41, 5.74) is 1.09. The Labute approximate surface area is 179 Å². The molecule has 1 unspecified atom stereocenters. The lowest BCUT2D eigenvalue weighted by atomic mass is 9.87. The van der Waals surface area contributed by atoms with Crippen molar-refractivity contribution in [2.75, 3.05) is 31.1 Å². The lowest BCUT2D eigenvalue weighted by molar-refractivity contribution is 0.111. The number of aromatic nitrogens is 4. The smallest absolute Gasteiger partial charge is 0.231 e. The number of benzene rings is 1. The quantitative estimate of drug-likeness (QED) is 0.594. The fourth-order valence-electron chi connectivity index (χ4n) is 5.13. The number of fused-ring (bicyclic) bond motifs is 6. The van der Waals surface area contributed by atoms with Crippen LogP contribution in [-0.4, -0.2) is 68.1 Å². The Morgan fingerprint density at radius 1 is 1.06 bits per heavy atom. The molecular weight excluding hydrogens is 399 g/mol. The Morgan fingerprint density at radius 2 is 1.90 bits per heavy atom. The predicted octanol–water partition coefficient (Wildman–Crippen LogP) is 2.88. The third-order valence-electron chi connectivity index (χ3n) is 6.67. The molecule has 0 spiro atoms. The summed E-state index contributed by atoms with van der Waals surface area (Å²) in [4.78, 5) is 13.9. The first-order chi connectivity index (χ1) is 15.2. The van der Waals surface area contributed by atoms with E-state index in [4.69, 9.17) is 9.72 Å². The molecule has 3 fully saturated rings. The van der Waals surface area contributed by atoms with E-state index in [9.17, 15) is 9.50 Å². The average Bonchev–Trinajstić information content (AvgIpc) is 3.17. The van der Waals surface area contributed by atoms with Crippen LogP contribution < -0.4 is 9.64 Å². The fourth-order valence-corrected chi connectivity index (χ4v) is 5.13. The van der Waals surface area contributed by atoms with Crippen LogP contribution in [0.2, 0.25) is 0 Å². The maximum Gasteiger partial charge on any atom is 0.231 e.